The Morgan fingerprint density at radius 2 is 1.75 bits per heavy atom. The van der Waals surface area contributed by atoms with E-state index in [1.54, 1.807) is 18.5 Å². The van der Waals surface area contributed by atoms with E-state index in [1.807, 2.05) is 36.4 Å². The van der Waals surface area contributed by atoms with E-state index in [1.165, 1.54) is 18.5 Å². The highest BCUT2D eigenvalue weighted by Gasteiger charge is 2.11. The Morgan fingerprint density at radius 1 is 0.964 bits per heavy atom. The SMILES string of the molecule is O=C(NCc1cc(-c2ccccc2)n[nH]1)c1cc(F)cc(-c2cncnc2)c1. The molecule has 0 aliphatic heterocycles. The van der Waals surface area contributed by atoms with Crippen molar-refractivity contribution in [2.24, 2.45) is 0 Å². The molecule has 0 saturated heterocycles. The van der Waals surface area contributed by atoms with E-state index >= 15 is 0 Å². The van der Waals surface area contributed by atoms with E-state index in [0.29, 0.717) is 11.1 Å². The summed E-state index contributed by atoms with van der Waals surface area (Å²) in [6.07, 6.45) is 4.53. The van der Waals surface area contributed by atoms with Crippen LogP contribution in [0.5, 0.6) is 0 Å². The summed E-state index contributed by atoms with van der Waals surface area (Å²) in [7, 11) is 0. The van der Waals surface area contributed by atoms with Gasteiger partial charge in [0.1, 0.15) is 12.1 Å². The maximum absolute atomic E-state index is 14.0. The molecule has 7 heteroatoms. The third-order valence-corrected chi connectivity index (χ3v) is 4.19. The van der Waals surface area contributed by atoms with Crippen molar-refractivity contribution in [3.05, 3.63) is 90.4 Å². The lowest BCUT2D eigenvalue weighted by atomic mass is 10.0. The molecule has 0 radical (unpaired) electrons. The smallest absolute Gasteiger partial charge is 0.251 e. The van der Waals surface area contributed by atoms with E-state index in [4.69, 9.17) is 0 Å². The minimum absolute atomic E-state index is 0.224. The van der Waals surface area contributed by atoms with Crippen LogP contribution in [-0.2, 0) is 6.54 Å². The topological polar surface area (TPSA) is 83.6 Å². The van der Waals surface area contributed by atoms with Crippen molar-refractivity contribution in [2.75, 3.05) is 0 Å². The number of nitrogens with one attached hydrogen (secondary N) is 2. The molecule has 0 aliphatic rings. The molecule has 0 saturated carbocycles. The normalized spacial score (nSPS) is 10.6. The molecule has 0 bridgehead atoms. The van der Waals surface area contributed by atoms with Crippen LogP contribution in [0.2, 0.25) is 0 Å². The van der Waals surface area contributed by atoms with Crippen molar-refractivity contribution in [1.82, 2.24) is 25.5 Å². The van der Waals surface area contributed by atoms with Gasteiger partial charge in [0.15, 0.2) is 0 Å². The van der Waals surface area contributed by atoms with Gasteiger partial charge in [-0.15, -0.1) is 0 Å². The first-order valence-corrected chi connectivity index (χ1v) is 8.63. The van der Waals surface area contributed by atoms with Crippen LogP contribution in [0.3, 0.4) is 0 Å². The average Bonchev–Trinajstić information content (AvgIpc) is 3.22. The molecule has 0 fully saturated rings. The average molecular weight is 373 g/mol. The minimum atomic E-state index is -0.501. The fourth-order valence-electron chi connectivity index (χ4n) is 2.82. The predicted molar refractivity (Wildman–Crippen MR) is 103 cm³/mol. The van der Waals surface area contributed by atoms with Crippen LogP contribution < -0.4 is 5.32 Å². The van der Waals surface area contributed by atoms with Gasteiger partial charge in [-0.1, -0.05) is 30.3 Å². The van der Waals surface area contributed by atoms with E-state index in [-0.39, 0.29) is 18.0 Å². The van der Waals surface area contributed by atoms with Gasteiger partial charge in [-0.25, -0.2) is 14.4 Å². The highest BCUT2D eigenvalue weighted by atomic mass is 19.1. The minimum Gasteiger partial charge on any atom is -0.346 e. The van der Waals surface area contributed by atoms with Gasteiger partial charge in [-0.2, -0.15) is 5.10 Å². The van der Waals surface area contributed by atoms with Crippen LogP contribution >= 0.6 is 0 Å². The number of rotatable bonds is 5. The molecule has 0 unspecified atom stereocenters. The maximum atomic E-state index is 14.0. The van der Waals surface area contributed by atoms with Crippen LogP contribution in [-0.4, -0.2) is 26.1 Å². The summed E-state index contributed by atoms with van der Waals surface area (Å²) in [4.78, 5) is 20.3. The molecule has 2 aromatic heterocycles. The van der Waals surface area contributed by atoms with E-state index in [9.17, 15) is 9.18 Å². The first kappa shape index (κ1) is 17.5. The summed E-state index contributed by atoms with van der Waals surface area (Å²) in [6, 6.07) is 15.7. The number of aromatic amines is 1. The summed E-state index contributed by atoms with van der Waals surface area (Å²) >= 11 is 0. The van der Waals surface area contributed by atoms with Crippen molar-refractivity contribution in [3.8, 4) is 22.4 Å². The highest BCUT2D eigenvalue weighted by molar-refractivity contribution is 5.95. The molecular formula is C21H16FN5O. The number of H-pyrrole nitrogens is 1. The maximum Gasteiger partial charge on any atom is 0.251 e. The number of aromatic nitrogens is 4. The van der Waals surface area contributed by atoms with Gasteiger partial charge in [0, 0.05) is 29.1 Å². The first-order chi connectivity index (χ1) is 13.7. The fraction of sp³-hybridized carbons (Fsp3) is 0.0476. The molecular weight excluding hydrogens is 357 g/mol. The molecule has 6 nitrogen and oxygen atoms in total. The van der Waals surface area contributed by atoms with Crippen molar-refractivity contribution in [1.29, 1.82) is 0 Å². The Bertz CT molecular complexity index is 1100. The number of benzene rings is 2. The van der Waals surface area contributed by atoms with Crippen molar-refractivity contribution in [2.45, 2.75) is 6.54 Å². The molecule has 0 atom stereocenters. The Balaban J connectivity index is 1.47. The third kappa shape index (κ3) is 3.93. The fourth-order valence-corrected chi connectivity index (χ4v) is 2.82. The molecule has 28 heavy (non-hydrogen) atoms. The van der Waals surface area contributed by atoms with Gasteiger partial charge in [-0.3, -0.25) is 9.89 Å². The molecule has 2 aromatic carbocycles. The zero-order valence-corrected chi connectivity index (χ0v) is 14.8. The monoisotopic (exact) mass is 373 g/mol. The van der Waals surface area contributed by atoms with Gasteiger partial charge in [-0.05, 0) is 29.8 Å². The molecule has 4 rings (SSSR count). The first-order valence-electron chi connectivity index (χ1n) is 8.63. The van der Waals surface area contributed by atoms with Crippen LogP contribution in [0.25, 0.3) is 22.4 Å². The second-order valence-electron chi connectivity index (χ2n) is 6.18. The van der Waals surface area contributed by atoms with Crippen LogP contribution in [0.1, 0.15) is 16.1 Å². The lowest BCUT2D eigenvalue weighted by Gasteiger charge is -2.07. The quantitative estimate of drug-likeness (QED) is 0.560. The Labute approximate surface area is 160 Å². The highest BCUT2D eigenvalue weighted by Crippen LogP contribution is 2.21. The molecule has 138 valence electrons. The summed E-state index contributed by atoms with van der Waals surface area (Å²) in [5, 5.41) is 9.94. The standard InChI is InChI=1S/C21H16FN5O/c22-18-7-15(17-10-23-13-24-11-17)6-16(8-18)21(28)25-12-19-9-20(27-26-19)14-4-2-1-3-5-14/h1-11,13H,12H2,(H,25,28)(H,26,27). The number of hydrogen-bond donors (Lipinski definition) is 2. The summed E-state index contributed by atoms with van der Waals surface area (Å²) in [5.74, 6) is -0.882. The second-order valence-corrected chi connectivity index (χ2v) is 6.18. The number of hydrogen-bond acceptors (Lipinski definition) is 4. The summed E-state index contributed by atoms with van der Waals surface area (Å²) < 4.78 is 14.0. The molecule has 4 aromatic rings. The molecule has 2 heterocycles. The van der Waals surface area contributed by atoms with Crippen LogP contribution in [0.15, 0.2) is 73.3 Å². The van der Waals surface area contributed by atoms with Crippen LogP contribution in [0, 0.1) is 5.82 Å². The Morgan fingerprint density at radius 3 is 2.54 bits per heavy atom. The summed E-state index contributed by atoms with van der Waals surface area (Å²) in [6.45, 7) is 0.249. The van der Waals surface area contributed by atoms with Crippen molar-refractivity contribution in [3.63, 3.8) is 0 Å². The third-order valence-electron chi connectivity index (χ3n) is 4.19. The Kier molecular flexibility index (Phi) is 4.88. The Hall–Kier alpha value is -3.87. The van der Waals surface area contributed by atoms with Gasteiger partial charge in [0.2, 0.25) is 0 Å². The summed E-state index contributed by atoms with van der Waals surface area (Å²) in [5.41, 5.74) is 3.93. The van der Waals surface area contributed by atoms with E-state index in [2.05, 4.69) is 25.5 Å². The van der Waals surface area contributed by atoms with Crippen molar-refractivity contribution < 1.29 is 9.18 Å². The lowest BCUT2D eigenvalue weighted by molar-refractivity contribution is 0.0950. The number of halogens is 1. The lowest BCUT2D eigenvalue weighted by Crippen LogP contribution is -2.23. The second kappa shape index (κ2) is 7.79. The largest absolute Gasteiger partial charge is 0.346 e. The van der Waals surface area contributed by atoms with E-state index < -0.39 is 5.82 Å². The van der Waals surface area contributed by atoms with Gasteiger partial charge >= 0.3 is 0 Å². The van der Waals surface area contributed by atoms with Gasteiger partial charge < -0.3 is 5.32 Å². The molecule has 2 N–H and O–H groups in total. The van der Waals surface area contributed by atoms with Gasteiger partial charge in [0.25, 0.3) is 5.91 Å². The zero-order valence-electron chi connectivity index (χ0n) is 14.8. The number of nitrogens with zero attached hydrogens (tertiary/aromatic N) is 3. The van der Waals surface area contributed by atoms with Gasteiger partial charge in [0.05, 0.1) is 17.9 Å². The number of carbonyl (C=O) groups excluding carboxylic acids is 1. The van der Waals surface area contributed by atoms with E-state index in [0.717, 1.165) is 17.0 Å². The van der Waals surface area contributed by atoms with Crippen LogP contribution in [0.4, 0.5) is 4.39 Å². The molecule has 1 amide bonds. The van der Waals surface area contributed by atoms with Crippen molar-refractivity contribution >= 4 is 5.91 Å². The zero-order chi connectivity index (χ0) is 19.3. The molecule has 0 spiro atoms. The number of carbonyl (C=O) groups is 1. The molecule has 0 aliphatic carbocycles. The predicted octanol–water partition coefficient (Wildman–Crippen LogP) is 3.60. The number of amides is 1.